The summed E-state index contributed by atoms with van der Waals surface area (Å²) in [5.41, 5.74) is 0.980. The molecule has 2 aromatic heterocycles. The largest absolute Gasteiger partial charge is 0.464 e. The highest BCUT2D eigenvalue weighted by atomic mass is 16.3. The van der Waals surface area contributed by atoms with Crippen molar-refractivity contribution < 1.29 is 4.42 Å². The van der Waals surface area contributed by atoms with Gasteiger partial charge >= 0.3 is 0 Å². The first-order valence-corrected chi connectivity index (χ1v) is 3.32. The Labute approximate surface area is 64.5 Å². The number of nitrogens with zero attached hydrogens (tertiary/aromatic N) is 1. The van der Waals surface area contributed by atoms with Gasteiger partial charge in [0.1, 0.15) is 5.76 Å². The van der Waals surface area contributed by atoms with Gasteiger partial charge in [-0.05, 0) is 18.2 Å². The number of aromatic nitrogens is 1. The Bertz CT molecular complexity index is 313. The normalized spacial score (nSPS) is 9.82. The minimum Gasteiger partial charge on any atom is -0.464 e. The molecule has 0 unspecified atom stereocenters. The first-order chi connectivity index (χ1) is 5.47. The second-order valence-corrected chi connectivity index (χ2v) is 2.15. The maximum Gasteiger partial charge on any atom is 0.136 e. The van der Waals surface area contributed by atoms with E-state index in [1.54, 1.807) is 18.5 Å². The molecule has 2 nitrogen and oxygen atoms in total. The van der Waals surface area contributed by atoms with E-state index in [2.05, 4.69) is 11.1 Å². The van der Waals surface area contributed by atoms with Crippen LogP contribution in [-0.4, -0.2) is 4.98 Å². The van der Waals surface area contributed by atoms with Crippen LogP contribution in [0.25, 0.3) is 11.3 Å². The lowest BCUT2D eigenvalue weighted by Gasteiger charge is -1.91. The Morgan fingerprint density at radius 1 is 1.45 bits per heavy atom. The van der Waals surface area contributed by atoms with E-state index in [1.165, 1.54) is 6.26 Å². The van der Waals surface area contributed by atoms with E-state index < -0.39 is 0 Å². The molecule has 0 aliphatic rings. The third-order valence-corrected chi connectivity index (χ3v) is 1.41. The topological polar surface area (TPSA) is 26.0 Å². The van der Waals surface area contributed by atoms with Gasteiger partial charge in [0.05, 0.1) is 6.26 Å². The summed E-state index contributed by atoms with van der Waals surface area (Å²) >= 11 is 0. The van der Waals surface area contributed by atoms with E-state index in [9.17, 15) is 0 Å². The lowest BCUT2D eigenvalue weighted by molar-refractivity contribution is 0.581. The van der Waals surface area contributed by atoms with E-state index in [0.29, 0.717) is 0 Å². The van der Waals surface area contributed by atoms with Gasteiger partial charge in [0.2, 0.25) is 0 Å². The predicted molar refractivity (Wildman–Crippen MR) is 40.8 cm³/mol. The lowest BCUT2D eigenvalue weighted by atomic mass is 10.2. The smallest absolute Gasteiger partial charge is 0.136 e. The van der Waals surface area contributed by atoms with Gasteiger partial charge in [0, 0.05) is 24.0 Å². The summed E-state index contributed by atoms with van der Waals surface area (Å²) in [7, 11) is 0. The Morgan fingerprint density at radius 2 is 2.45 bits per heavy atom. The molecule has 2 aromatic rings. The number of pyridine rings is 1. The van der Waals surface area contributed by atoms with Crippen molar-refractivity contribution in [2.75, 3.05) is 0 Å². The minimum absolute atomic E-state index is 0.804. The number of hydrogen-bond acceptors (Lipinski definition) is 2. The van der Waals surface area contributed by atoms with Gasteiger partial charge in [0.15, 0.2) is 0 Å². The highest BCUT2D eigenvalue weighted by Gasteiger charge is 1.97. The van der Waals surface area contributed by atoms with Crippen LogP contribution in [0.15, 0.2) is 41.3 Å². The molecule has 0 aliphatic carbocycles. The maximum absolute atomic E-state index is 5.12. The summed E-state index contributed by atoms with van der Waals surface area (Å²) in [6, 6.07) is 8.44. The molecule has 2 rings (SSSR count). The molecule has 0 amide bonds. The monoisotopic (exact) mass is 144 g/mol. The standard InChI is InChI=1S/C9H6NO/c1-3-8(7-10-5-1)9-4-2-6-11-9/h1,3-7H. The van der Waals surface area contributed by atoms with Gasteiger partial charge in [0.25, 0.3) is 0 Å². The second-order valence-electron chi connectivity index (χ2n) is 2.15. The van der Waals surface area contributed by atoms with Crippen molar-refractivity contribution in [3.8, 4) is 11.3 Å². The van der Waals surface area contributed by atoms with Crippen molar-refractivity contribution in [2.45, 2.75) is 0 Å². The van der Waals surface area contributed by atoms with Crippen LogP contribution < -0.4 is 0 Å². The van der Waals surface area contributed by atoms with E-state index >= 15 is 0 Å². The summed E-state index contributed by atoms with van der Waals surface area (Å²) < 4.78 is 5.12. The summed E-state index contributed by atoms with van der Waals surface area (Å²) in [5.74, 6) is 0.804. The number of furan rings is 1. The van der Waals surface area contributed by atoms with E-state index in [4.69, 9.17) is 4.42 Å². The molecule has 0 aliphatic heterocycles. The summed E-state index contributed by atoms with van der Waals surface area (Å²) in [4.78, 5) is 3.97. The van der Waals surface area contributed by atoms with Gasteiger partial charge in [-0.25, -0.2) is 0 Å². The molecule has 0 fully saturated rings. The van der Waals surface area contributed by atoms with Crippen molar-refractivity contribution in [1.82, 2.24) is 4.98 Å². The molecule has 2 heterocycles. The zero-order valence-electron chi connectivity index (χ0n) is 5.82. The first kappa shape index (κ1) is 6.16. The quantitative estimate of drug-likeness (QED) is 0.612. The zero-order valence-corrected chi connectivity index (χ0v) is 5.82. The van der Waals surface area contributed by atoms with Crippen LogP contribution in [0.2, 0.25) is 0 Å². The van der Waals surface area contributed by atoms with Crippen LogP contribution in [0, 0.1) is 6.07 Å². The molecule has 11 heavy (non-hydrogen) atoms. The highest BCUT2D eigenvalue weighted by Crippen LogP contribution is 2.16. The average Bonchev–Trinajstić information content (AvgIpc) is 2.58. The molecule has 2 heteroatoms. The van der Waals surface area contributed by atoms with Gasteiger partial charge in [-0.15, -0.1) is 0 Å². The Morgan fingerprint density at radius 3 is 3.09 bits per heavy atom. The molecular formula is C9H6NO. The highest BCUT2D eigenvalue weighted by molar-refractivity contribution is 5.54. The maximum atomic E-state index is 5.12. The number of hydrogen-bond donors (Lipinski definition) is 0. The van der Waals surface area contributed by atoms with Crippen LogP contribution in [-0.2, 0) is 0 Å². The fraction of sp³-hybridized carbons (Fsp3) is 0. The molecular weight excluding hydrogens is 138 g/mol. The summed E-state index contributed by atoms with van der Waals surface area (Å²) in [5, 5.41) is 0. The molecule has 0 atom stereocenters. The molecule has 0 aromatic carbocycles. The Balaban J connectivity index is 2.46. The Hall–Kier alpha value is -1.57. The molecule has 0 saturated carbocycles. The van der Waals surface area contributed by atoms with Crippen LogP contribution in [0.3, 0.4) is 0 Å². The first-order valence-electron chi connectivity index (χ1n) is 3.32. The van der Waals surface area contributed by atoms with Crippen LogP contribution in [0.1, 0.15) is 0 Å². The van der Waals surface area contributed by atoms with Gasteiger partial charge < -0.3 is 4.42 Å². The summed E-state index contributed by atoms with van der Waals surface area (Å²) in [6.07, 6.45) is 5.02. The van der Waals surface area contributed by atoms with Gasteiger partial charge in [-0.3, -0.25) is 4.98 Å². The molecule has 53 valence electrons. The molecule has 0 spiro atoms. The zero-order chi connectivity index (χ0) is 7.52. The van der Waals surface area contributed by atoms with Crippen LogP contribution in [0.5, 0.6) is 0 Å². The SMILES string of the molecule is [c]1coc(-c2cccnc2)c1. The fourth-order valence-electron chi connectivity index (χ4n) is 0.901. The van der Waals surface area contributed by atoms with Crippen molar-refractivity contribution in [3.63, 3.8) is 0 Å². The van der Waals surface area contributed by atoms with Crippen LogP contribution in [0.4, 0.5) is 0 Å². The third-order valence-electron chi connectivity index (χ3n) is 1.41. The van der Waals surface area contributed by atoms with Crippen molar-refractivity contribution in [3.05, 3.63) is 42.9 Å². The van der Waals surface area contributed by atoms with E-state index in [0.717, 1.165) is 11.3 Å². The predicted octanol–water partition coefficient (Wildman–Crippen LogP) is 2.14. The van der Waals surface area contributed by atoms with Crippen molar-refractivity contribution in [1.29, 1.82) is 0 Å². The van der Waals surface area contributed by atoms with Gasteiger partial charge in [-0.1, -0.05) is 0 Å². The van der Waals surface area contributed by atoms with Crippen LogP contribution >= 0.6 is 0 Å². The van der Waals surface area contributed by atoms with Crippen molar-refractivity contribution in [2.24, 2.45) is 0 Å². The molecule has 0 saturated heterocycles. The third kappa shape index (κ3) is 1.15. The average molecular weight is 144 g/mol. The molecule has 0 bridgehead atoms. The lowest BCUT2D eigenvalue weighted by Crippen LogP contribution is -1.73. The van der Waals surface area contributed by atoms with E-state index in [-0.39, 0.29) is 0 Å². The second kappa shape index (κ2) is 2.58. The summed E-state index contributed by atoms with van der Waals surface area (Å²) in [6.45, 7) is 0. The number of rotatable bonds is 1. The van der Waals surface area contributed by atoms with E-state index in [1.807, 2.05) is 12.1 Å². The van der Waals surface area contributed by atoms with Gasteiger partial charge in [-0.2, -0.15) is 0 Å². The van der Waals surface area contributed by atoms with Crippen molar-refractivity contribution >= 4 is 0 Å². The minimum atomic E-state index is 0.804. The molecule has 0 N–H and O–H groups in total. The Kier molecular flexibility index (Phi) is 1.44. The fourth-order valence-corrected chi connectivity index (χ4v) is 0.901. The molecule has 1 radical (unpaired) electrons.